The first-order valence-electron chi connectivity index (χ1n) is 9.00. The summed E-state index contributed by atoms with van der Waals surface area (Å²) in [7, 11) is 0. The maximum Gasteiger partial charge on any atom is 0.326 e. The highest BCUT2D eigenvalue weighted by Crippen LogP contribution is 2.17. The van der Waals surface area contributed by atoms with Gasteiger partial charge in [-0.25, -0.2) is 0 Å². The summed E-state index contributed by atoms with van der Waals surface area (Å²) in [6.45, 7) is 3.65. The van der Waals surface area contributed by atoms with Crippen LogP contribution in [0.25, 0.3) is 0 Å². The highest BCUT2D eigenvalue weighted by Gasteiger charge is 2.23. The standard InChI is InChI=1S/C19H26N2O5/c1-3-25-16-10-8-14(9-11-16)19(24)20-12-17(22)26-13(2)18(23)21-15-6-4-5-7-15/h8-11,13,15H,3-7,12H2,1-2H3,(H,20,24)(H,21,23)/t13-/m0/s1. The Morgan fingerprint density at radius 2 is 1.81 bits per heavy atom. The molecule has 1 fully saturated rings. The summed E-state index contributed by atoms with van der Waals surface area (Å²) in [5, 5.41) is 5.36. The van der Waals surface area contributed by atoms with Crippen LogP contribution < -0.4 is 15.4 Å². The lowest BCUT2D eigenvalue weighted by Crippen LogP contribution is -2.42. The van der Waals surface area contributed by atoms with E-state index in [1.807, 2.05) is 6.92 Å². The van der Waals surface area contributed by atoms with Crippen molar-refractivity contribution < 1.29 is 23.9 Å². The van der Waals surface area contributed by atoms with E-state index < -0.39 is 18.0 Å². The molecule has 0 radical (unpaired) electrons. The first-order valence-corrected chi connectivity index (χ1v) is 9.00. The van der Waals surface area contributed by atoms with E-state index in [2.05, 4.69) is 10.6 Å². The number of hydrogen-bond acceptors (Lipinski definition) is 5. The van der Waals surface area contributed by atoms with E-state index in [1.54, 1.807) is 24.3 Å². The third-order valence-corrected chi connectivity index (χ3v) is 4.20. The fourth-order valence-electron chi connectivity index (χ4n) is 2.80. The van der Waals surface area contributed by atoms with Crippen LogP contribution in [-0.2, 0) is 14.3 Å². The van der Waals surface area contributed by atoms with Crippen molar-refractivity contribution in [2.45, 2.75) is 51.7 Å². The summed E-state index contributed by atoms with van der Waals surface area (Å²) in [5.41, 5.74) is 0.410. The largest absolute Gasteiger partial charge is 0.494 e. The van der Waals surface area contributed by atoms with Crippen molar-refractivity contribution in [1.82, 2.24) is 10.6 Å². The number of carbonyl (C=O) groups excluding carboxylic acids is 3. The second-order valence-electron chi connectivity index (χ2n) is 6.26. The van der Waals surface area contributed by atoms with Crippen LogP contribution in [0.15, 0.2) is 24.3 Å². The van der Waals surface area contributed by atoms with Crippen molar-refractivity contribution in [2.24, 2.45) is 0 Å². The number of hydrogen-bond donors (Lipinski definition) is 2. The minimum atomic E-state index is -0.884. The molecule has 2 amide bonds. The Kier molecular flexibility index (Phi) is 7.44. The van der Waals surface area contributed by atoms with E-state index in [9.17, 15) is 14.4 Å². The predicted octanol–water partition coefficient (Wildman–Crippen LogP) is 1.81. The van der Waals surface area contributed by atoms with Crippen LogP contribution in [-0.4, -0.2) is 43.1 Å². The van der Waals surface area contributed by atoms with Crippen LogP contribution in [0.3, 0.4) is 0 Å². The first kappa shape index (κ1) is 19.8. The summed E-state index contributed by atoms with van der Waals surface area (Å²) < 4.78 is 10.4. The van der Waals surface area contributed by atoms with E-state index in [0.29, 0.717) is 17.9 Å². The highest BCUT2D eigenvalue weighted by molar-refractivity contribution is 5.96. The van der Waals surface area contributed by atoms with Crippen LogP contribution in [0, 0.1) is 0 Å². The summed E-state index contributed by atoms with van der Waals surface area (Å²) in [4.78, 5) is 35.9. The van der Waals surface area contributed by atoms with Gasteiger partial charge in [0.2, 0.25) is 0 Å². The van der Waals surface area contributed by atoms with Gasteiger partial charge in [-0.1, -0.05) is 12.8 Å². The molecular formula is C19H26N2O5. The fourth-order valence-corrected chi connectivity index (χ4v) is 2.80. The number of ether oxygens (including phenoxy) is 2. The zero-order chi connectivity index (χ0) is 18.9. The molecule has 142 valence electrons. The molecule has 1 aliphatic rings. The summed E-state index contributed by atoms with van der Waals surface area (Å²) in [5.74, 6) is -0.680. The van der Waals surface area contributed by atoms with E-state index in [-0.39, 0.29) is 18.5 Å². The quantitative estimate of drug-likeness (QED) is 0.688. The van der Waals surface area contributed by atoms with Gasteiger partial charge in [0.25, 0.3) is 11.8 Å². The molecule has 7 nitrogen and oxygen atoms in total. The molecule has 0 unspecified atom stereocenters. The molecule has 1 aromatic carbocycles. The molecule has 2 rings (SSSR count). The number of nitrogens with one attached hydrogen (secondary N) is 2. The minimum absolute atomic E-state index is 0.169. The number of benzene rings is 1. The van der Waals surface area contributed by atoms with Gasteiger partial charge in [0.05, 0.1) is 6.61 Å². The number of esters is 1. The second kappa shape index (κ2) is 9.79. The third-order valence-electron chi connectivity index (χ3n) is 4.20. The van der Waals surface area contributed by atoms with Crippen molar-refractivity contribution in [1.29, 1.82) is 0 Å². The maximum absolute atomic E-state index is 12.0. The molecule has 0 heterocycles. The van der Waals surface area contributed by atoms with Crippen molar-refractivity contribution in [3.05, 3.63) is 29.8 Å². The zero-order valence-corrected chi connectivity index (χ0v) is 15.2. The fraction of sp³-hybridized carbons (Fsp3) is 0.526. The molecular weight excluding hydrogens is 336 g/mol. The molecule has 0 saturated heterocycles. The molecule has 26 heavy (non-hydrogen) atoms. The summed E-state index contributed by atoms with van der Waals surface area (Å²) >= 11 is 0. The van der Waals surface area contributed by atoms with Crippen LogP contribution in [0.4, 0.5) is 0 Å². The average molecular weight is 362 g/mol. The highest BCUT2D eigenvalue weighted by atomic mass is 16.5. The number of carbonyl (C=O) groups is 3. The zero-order valence-electron chi connectivity index (χ0n) is 15.2. The van der Waals surface area contributed by atoms with Crippen LogP contribution in [0.1, 0.15) is 49.9 Å². The topological polar surface area (TPSA) is 93.7 Å². The van der Waals surface area contributed by atoms with Gasteiger partial charge in [0.1, 0.15) is 12.3 Å². The maximum atomic E-state index is 12.0. The van der Waals surface area contributed by atoms with Crippen LogP contribution in [0.2, 0.25) is 0 Å². The van der Waals surface area contributed by atoms with Gasteiger partial charge >= 0.3 is 5.97 Å². The number of amides is 2. The minimum Gasteiger partial charge on any atom is -0.494 e. The molecule has 1 aliphatic carbocycles. The first-order chi connectivity index (χ1) is 12.5. The van der Waals surface area contributed by atoms with Gasteiger partial charge in [-0.15, -0.1) is 0 Å². The summed E-state index contributed by atoms with van der Waals surface area (Å²) in [6.07, 6.45) is 3.26. The lowest BCUT2D eigenvalue weighted by molar-refractivity contribution is -0.154. The normalized spacial score (nSPS) is 15.2. The van der Waals surface area contributed by atoms with Crippen LogP contribution in [0.5, 0.6) is 5.75 Å². The number of rotatable bonds is 8. The third kappa shape index (κ3) is 6.06. The molecule has 7 heteroatoms. The Morgan fingerprint density at radius 3 is 2.42 bits per heavy atom. The van der Waals surface area contributed by atoms with Gasteiger partial charge in [-0.2, -0.15) is 0 Å². The molecule has 1 saturated carbocycles. The predicted molar refractivity (Wildman–Crippen MR) is 95.9 cm³/mol. The van der Waals surface area contributed by atoms with E-state index in [4.69, 9.17) is 9.47 Å². The monoisotopic (exact) mass is 362 g/mol. The average Bonchev–Trinajstić information content (AvgIpc) is 3.13. The Hall–Kier alpha value is -2.57. The van der Waals surface area contributed by atoms with E-state index in [1.165, 1.54) is 6.92 Å². The van der Waals surface area contributed by atoms with Gasteiger partial charge in [-0.3, -0.25) is 14.4 Å². The van der Waals surface area contributed by atoms with Crippen molar-refractivity contribution in [3.8, 4) is 5.75 Å². The Morgan fingerprint density at radius 1 is 1.15 bits per heavy atom. The Labute approximate surface area is 153 Å². The second-order valence-corrected chi connectivity index (χ2v) is 6.26. The van der Waals surface area contributed by atoms with Gasteiger partial charge in [0.15, 0.2) is 6.10 Å². The summed E-state index contributed by atoms with van der Waals surface area (Å²) in [6, 6.07) is 6.77. The lowest BCUT2D eigenvalue weighted by Gasteiger charge is -2.17. The Bertz CT molecular complexity index is 623. The van der Waals surface area contributed by atoms with Gasteiger partial charge in [-0.05, 0) is 51.0 Å². The van der Waals surface area contributed by atoms with Gasteiger partial charge < -0.3 is 20.1 Å². The molecule has 2 N–H and O–H groups in total. The smallest absolute Gasteiger partial charge is 0.326 e. The molecule has 0 bridgehead atoms. The lowest BCUT2D eigenvalue weighted by atomic mass is 10.2. The SMILES string of the molecule is CCOc1ccc(C(=O)NCC(=O)O[C@@H](C)C(=O)NC2CCCC2)cc1. The van der Waals surface area contributed by atoms with Crippen LogP contribution >= 0.6 is 0 Å². The van der Waals surface area contributed by atoms with Crippen molar-refractivity contribution in [2.75, 3.05) is 13.2 Å². The molecule has 0 aromatic heterocycles. The molecule has 1 atom stereocenters. The molecule has 0 aliphatic heterocycles. The van der Waals surface area contributed by atoms with Crippen molar-refractivity contribution in [3.63, 3.8) is 0 Å². The van der Waals surface area contributed by atoms with E-state index in [0.717, 1.165) is 25.7 Å². The van der Waals surface area contributed by atoms with Crippen molar-refractivity contribution >= 4 is 17.8 Å². The Balaban J connectivity index is 1.72. The van der Waals surface area contributed by atoms with Gasteiger partial charge in [0, 0.05) is 11.6 Å². The molecule has 1 aromatic rings. The molecule has 0 spiro atoms. The van der Waals surface area contributed by atoms with E-state index >= 15 is 0 Å².